The molecule has 96 valence electrons. The van der Waals surface area contributed by atoms with Crippen molar-refractivity contribution in [1.82, 2.24) is 15.1 Å². The first-order chi connectivity index (χ1) is 8.60. The zero-order valence-electron chi connectivity index (χ0n) is 11.0. The summed E-state index contributed by atoms with van der Waals surface area (Å²) < 4.78 is 5.35. The fourth-order valence-corrected chi connectivity index (χ4v) is 1.66. The summed E-state index contributed by atoms with van der Waals surface area (Å²) in [6.07, 6.45) is 4.35. The van der Waals surface area contributed by atoms with E-state index in [9.17, 15) is 0 Å². The zero-order chi connectivity index (χ0) is 13.2. The largest absolute Gasteiger partial charge is 0.338 e. The molecule has 0 aromatic carbocycles. The summed E-state index contributed by atoms with van der Waals surface area (Å²) in [6.45, 7) is 6.57. The number of aryl methyl sites for hydroxylation is 1. The van der Waals surface area contributed by atoms with Crippen molar-refractivity contribution in [3.05, 3.63) is 29.9 Å². The summed E-state index contributed by atoms with van der Waals surface area (Å²) >= 11 is 0. The van der Waals surface area contributed by atoms with Gasteiger partial charge >= 0.3 is 0 Å². The van der Waals surface area contributed by atoms with Crippen molar-refractivity contribution in [2.24, 2.45) is 5.73 Å². The van der Waals surface area contributed by atoms with Crippen molar-refractivity contribution < 1.29 is 4.52 Å². The second-order valence-corrected chi connectivity index (χ2v) is 4.73. The average Bonchev–Trinajstić information content (AvgIpc) is 2.88. The van der Waals surface area contributed by atoms with Gasteiger partial charge in [-0.25, -0.2) is 0 Å². The first-order valence-corrected chi connectivity index (χ1v) is 6.06. The third-order valence-electron chi connectivity index (χ3n) is 3.45. The molecule has 0 radical (unpaired) electrons. The van der Waals surface area contributed by atoms with Crippen LogP contribution >= 0.6 is 0 Å². The van der Waals surface area contributed by atoms with E-state index in [1.165, 1.54) is 0 Å². The van der Waals surface area contributed by atoms with E-state index in [4.69, 9.17) is 10.3 Å². The lowest BCUT2D eigenvalue weighted by Crippen LogP contribution is -2.31. The van der Waals surface area contributed by atoms with Gasteiger partial charge in [-0.1, -0.05) is 12.1 Å². The van der Waals surface area contributed by atoms with Gasteiger partial charge in [0.1, 0.15) is 0 Å². The van der Waals surface area contributed by atoms with Crippen LogP contribution in [-0.2, 0) is 5.41 Å². The Morgan fingerprint density at radius 1 is 1.44 bits per heavy atom. The van der Waals surface area contributed by atoms with E-state index < -0.39 is 0 Å². The van der Waals surface area contributed by atoms with Gasteiger partial charge in [-0.15, -0.1) is 0 Å². The molecule has 0 saturated carbocycles. The molecule has 0 spiro atoms. The molecule has 0 saturated heterocycles. The molecule has 2 aromatic heterocycles. The smallest absolute Gasteiger partial charge is 0.234 e. The highest BCUT2D eigenvalue weighted by Crippen LogP contribution is 2.27. The Balaban J connectivity index is 2.40. The molecule has 18 heavy (non-hydrogen) atoms. The van der Waals surface area contributed by atoms with E-state index in [2.05, 4.69) is 22.0 Å². The molecule has 1 unspecified atom stereocenters. The molecule has 1 atom stereocenters. The number of nitrogens with zero attached hydrogens (tertiary/aromatic N) is 3. The number of nitrogens with two attached hydrogens (primary N) is 1. The van der Waals surface area contributed by atoms with E-state index in [1.807, 2.05) is 19.9 Å². The van der Waals surface area contributed by atoms with Gasteiger partial charge in [0.2, 0.25) is 11.7 Å². The number of hydrogen-bond donors (Lipinski definition) is 1. The summed E-state index contributed by atoms with van der Waals surface area (Å²) in [5.74, 6) is 1.16. The maximum absolute atomic E-state index is 5.79. The van der Waals surface area contributed by atoms with Gasteiger partial charge in [-0.2, -0.15) is 4.98 Å². The molecule has 5 nitrogen and oxygen atoms in total. The molecule has 0 aliphatic carbocycles. The maximum Gasteiger partial charge on any atom is 0.234 e. The van der Waals surface area contributed by atoms with Crippen molar-refractivity contribution >= 4 is 0 Å². The van der Waals surface area contributed by atoms with Crippen LogP contribution in [0, 0.1) is 6.92 Å². The highest BCUT2D eigenvalue weighted by atomic mass is 16.5. The van der Waals surface area contributed by atoms with Gasteiger partial charge in [0.25, 0.3) is 0 Å². The van der Waals surface area contributed by atoms with E-state index in [1.54, 1.807) is 12.4 Å². The molecule has 2 aromatic rings. The minimum atomic E-state index is -0.263. The van der Waals surface area contributed by atoms with E-state index in [0.29, 0.717) is 18.3 Å². The summed E-state index contributed by atoms with van der Waals surface area (Å²) in [7, 11) is 0. The molecule has 0 bridgehead atoms. The predicted octanol–water partition coefficient (Wildman–Crippen LogP) is 2.07. The van der Waals surface area contributed by atoms with Crippen LogP contribution < -0.4 is 5.73 Å². The molecule has 0 fully saturated rings. The third-order valence-corrected chi connectivity index (χ3v) is 3.45. The van der Waals surface area contributed by atoms with Crippen LogP contribution in [0.1, 0.15) is 31.7 Å². The summed E-state index contributed by atoms with van der Waals surface area (Å²) in [6, 6.07) is 1.92. The first-order valence-electron chi connectivity index (χ1n) is 6.06. The Bertz CT molecular complexity index is 531. The van der Waals surface area contributed by atoms with Gasteiger partial charge < -0.3 is 10.3 Å². The lowest BCUT2D eigenvalue weighted by atomic mass is 9.88. The standard InChI is InChI=1S/C13H18N4O/c1-4-13(3,8-14)12-16-11(17-18-12)10-7-15-6-5-9(10)2/h5-7H,4,8,14H2,1-3H3. The number of hydrogen-bond acceptors (Lipinski definition) is 5. The molecular formula is C13H18N4O. The molecule has 0 amide bonds. The molecular weight excluding hydrogens is 228 g/mol. The second-order valence-electron chi connectivity index (χ2n) is 4.73. The highest BCUT2D eigenvalue weighted by molar-refractivity contribution is 5.57. The van der Waals surface area contributed by atoms with Gasteiger partial charge in [0.05, 0.1) is 5.41 Å². The number of rotatable bonds is 4. The lowest BCUT2D eigenvalue weighted by Gasteiger charge is -2.20. The summed E-state index contributed by atoms with van der Waals surface area (Å²) in [5, 5.41) is 4.03. The quantitative estimate of drug-likeness (QED) is 0.893. The first kappa shape index (κ1) is 12.7. The minimum absolute atomic E-state index is 0.263. The van der Waals surface area contributed by atoms with Gasteiger partial charge in [-0.3, -0.25) is 4.98 Å². The number of aromatic nitrogens is 3. The van der Waals surface area contributed by atoms with Crippen molar-refractivity contribution in [2.75, 3.05) is 6.54 Å². The highest BCUT2D eigenvalue weighted by Gasteiger charge is 2.30. The topological polar surface area (TPSA) is 77.8 Å². The van der Waals surface area contributed by atoms with Crippen molar-refractivity contribution in [1.29, 1.82) is 0 Å². The summed E-state index contributed by atoms with van der Waals surface area (Å²) in [5.41, 5.74) is 7.49. The Labute approximate surface area is 106 Å². The van der Waals surface area contributed by atoms with Crippen LogP contribution in [0.4, 0.5) is 0 Å². The Morgan fingerprint density at radius 3 is 2.83 bits per heavy atom. The van der Waals surface area contributed by atoms with Crippen LogP contribution in [-0.4, -0.2) is 21.7 Å². The van der Waals surface area contributed by atoms with Gasteiger partial charge in [0, 0.05) is 24.5 Å². The van der Waals surface area contributed by atoms with E-state index in [0.717, 1.165) is 17.5 Å². The monoisotopic (exact) mass is 246 g/mol. The van der Waals surface area contributed by atoms with Crippen LogP contribution in [0.25, 0.3) is 11.4 Å². The van der Waals surface area contributed by atoms with Crippen LogP contribution in [0.15, 0.2) is 23.0 Å². The molecule has 0 aliphatic rings. The molecule has 0 aliphatic heterocycles. The SMILES string of the molecule is CCC(C)(CN)c1nc(-c2cnccc2C)no1. The van der Waals surface area contributed by atoms with Crippen LogP contribution in [0.5, 0.6) is 0 Å². The fourth-order valence-electron chi connectivity index (χ4n) is 1.66. The van der Waals surface area contributed by atoms with Crippen molar-refractivity contribution in [2.45, 2.75) is 32.6 Å². The van der Waals surface area contributed by atoms with Crippen LogP contribution in [0.3, 0.4) is 0 Å². The normalized spacial score (nSPS) is 14.4. The third kappa shape index (κ3) is 2.13. The second kappa shape index (κ2) is 4.86. The average molecular weight is 246 g/mol. The molecule has 2 heterocycles. The Morgan fingerprint density at radius 2 is 2.22 bits per heavy atom. The molecule has 2 rings (SSSR count). The Hall–Kier alpha value is -1.75. The summed E-state index contributed by atoms with van der Waals surface area (Å²) in [4.78, 5) is 8.54. The predicted molar refractivity (Wildman–Crippen MR) is 69.0 cm³/mol. The Kier molecular flexibility index (Phi) is 3.43. The van der Waals surface area contributed by atoms with Gasteiger partial charge in [-0.05, 0) is 31.9 Å². The van der Waals surface area contributed by atoms with E-state index in [-0.39, 0.29) is 5.41 Å². The van der Waals surface area contributed by atoms with Crippen molar-refractivity contribution in [3.8, 4) is 11.4 Å². The fraction of sp³-hybridized carbons (Fsp3) is 0.462. The molecule has 2 N–H and O–H groups in total. The molecule has 5 heteroatoms. The lowest BCUT2D eigenvalue weighted by molar-refractivity contribution is 0.291. The van der Waals surface area contributed by atoms with Gasteiger partial charge in [0.15, 0.2) is 0 Å². The van der Waals surface area contributed by atoms with E-state index >= 15 is 0 Å². The van der Waals surface area contributed by atoms with Crippen LogP contribution in [0.2, 0.25) is 0 Å². The van der Waals surface area contributed by atoms with Crippen molar-refractivity contribution in [3.63, 3.8) is 0 Å². The minimum Gasteiger partial charge on any atom is -0.338 e. The number of pyridine rings is 1. The zero-order valence-corrected chi connectivity index (χ0v) is 11.0. The maximum atomic E-state index is 5.79.